The molecule has 2 fully saturated rings. The number of morpholine rings is 1. The summed E-state index contributed by atoms with van der Waals surface area (Å²) < 4.78 is 5.44. The number of hydrogen-bond acceptors (Lipinski definition) is 7. The summed E-state index contributed by atoms with van der Waals surface area (Å²) in [6.45, 7) is 8.01. The van der Waals surface area contributed by atoms with Crippen molar-refractivity contribution in [2.75, 3.05) is 64.4 Å². The molecule has 0 spiro atoms. The molecule has 4 rings (SSSR count). The van der Waals surface area contributed by atoms with Crippen molar-refractivity contribution in [1.82, 2.24) is 14.8 Å². The van der Waals surface area contributed by atoms with Crippen molar-refractivity contribution in [3.05, 3.63) is 35.7 Å². The van der Waals surface area contributed by atoms with E-state index < -0.39 is 5.97 Å². The maximum absolute atomic E-state index is 13.1. The number of rotatable bonds is 9. The van der Waals surface area contributed by atoms with Gasteiger partial charge in [0.05, 0.1) is 19.8 Å². The molecule has 1 aromatic heterocycles. The van der Waals surface area contributed by atoms with Gasteiger partial charge in [-0.1, -0.05) is 13.0 Å². The lowest BCUT2D eigenvalue weighted by atomic mass is 9.66. The maximum atomic E-state index is 13.1. The number of aromatic nitrogens is 1. The lowest BCUT2D eigenvalue weighted by Crippen LogP contribution is -2.40. The highest BCUT2D eigenvalue weighted by atomic mass is 16.5. The minimum atomic E-state index is -0.931. The average Bonchev–Trinajstić information content (AvgIpc) is 2.88. The van der Waals surface area contributed by atoms with Gasteiger partial charge in [0.1, 0.15) is 17.2 Å². The topological polar surface area (TPSA) is 86.2 Å². The van der Waals surface area contributed by atoms with E-state index in [0.717, 1.165) is 57.3 Å². The van der Waals surface area contributed by atoms with Crippen LogP contribution in [0.1, 0.15) is 61.4 Å². The van der Waals surface area contributed by atoms with E-state index in [1.54, 1.807) is 6.20 Å². The van der Waals surface area contributed by atoms with Gasteiger partial charge in [-0.05, 0) is 68.8 Å². The third-order valence-electron chi connectivity index (χ3n) is 7.98. The number of ether oxygens (including phenoxy) is 1. The van der Waals surface area contributed by atoms with E-state index in [4.69, 9.17) is 4.74 Å². The number of allylic oxidation sites excluding steroid dienone is 1. The van der Waals surface area contributed by atoms with E-state index >= 15 is 0 Å². The van der Waals surface area contributed by atoms with Crippen LogP contribution in [0.2, 0.25) is 0 Å². The predicted molar refractivity (Wildman–Crippen MR) is 136 cm³/mol. The monoisotopic (exact) mass is 484 g/mol. The van der Waals surface area contributed by atoms with Crippen LogP contribution in [0.15, 0.2) is 24.5 Å². The van der Waals surface area contributed by atoms with Crippen LogP contribution in [-0.2, 0) is 14.9 Å². The number of Topliss-reactive ketones (excluding diaryl/α,β-unsaturated/α-hetero) is 1. The number of likely N-dealkylation sites (N-methyl/N-ethyl adjacent to an activating group) is 1. The van der Waals surface area contributed by atoms with Crippen LogP contribution in [-0.4, -0.2) is 91.2 Å². The highest BCUT2D eigenvalue weighted by Crippen LogP contribution is 2.44. The van der Waals surface area contributed by atoms with Crippen LogP contribution >= 0.6 is 0 Å². The Morgan fingerprint density at radius 1 is 1.23 bits per heavy atom. The van der Waals surface area contributed by atoms with Crippen molar-refractivity contribution in [2.24, 2.45) is 5.92 Å². The quantitative estimate of drug-likeness (QED) is 0.572. The minimum absolute atomic E-state index is 0.0502. The number of carbonyl (C=O) groups is 2. The molecule has 1 saturated heterocycles. The molecule has 1 N–H and O–H groups in total. The molecule has 0 bridgehead atoms. The Labute approximate surface area is 208 Å². The van der Waals surface area contributed by atoms with Gasteiger partial charge in [0, 0.05) is 44.8 Å². The summed E-state index contributed by atoms with van der Waals surface area (Å²) >= 11 is 0. The van der Waals surface area contributed by atoms with Crippen molar-refractivity contribution in [1.29, 1.82) is 0 Å². The van der Waals surface area contributed by atoms with Gasteiger partial charge in [0.2, 0.25) is 0 Å². The molecule has 0 aromatic carbocycles. The molecule has 3 aliphatic rings. The van der Waals surface area contributed by atoms with Gasteiger partial charge in [-0.15, -0.1) is 0 Å². The first-order chi connectivity index (χ1) is 16.9. The summed E-state index contributed by atoms with van der Waals surface area (Å²) in [5.74, 6) is -0.0257. The van der Waals surface area contributed by atoms with Gasteiger partial charge < -0.3 is 19.6 Å². The summed E-state index contributed by atoms with van der Waals surface area (Å²) in [5, 5.41) is 10.1. The van der Waals surface area contributed by atoms with Crippen molar-refractivity contribution in [3.63, 3.8) is 0 Å². The van der Waals surface area contributed by atoms with Crippen LogP contribution in [0.3, 0.4) is 0 Å². The van der Waals surface area contributed by atoms with E-state index in [0.29, 0.717) is 50.0 Å². The second kappa shape index (κ2) is 11.5. The fourth-order valence-electron chi connectivity index (χ4n) is 5.70. The van der Waals surface area contributed by atoms with E-state index in [1.807, 2.05) is 18.0 Å². The van der Waals surface area contributed by atoms with Crippen molar-refractivity contribution >= 4 is 17.6 Å². The summed E-state index contributed by atoms with van der Waals surface area (Å²) in [6.07, 6.45) is 11.7. The molecule has 8 heteroatoms. The van der Waals surface area contributed by atoms with Gasteiger partial charge in [0.15, 0.2) is 0 Å². The van der Waals surface area contributed by atoms with E-state index in [1.165, 1.54) is 6.42 Å². The van der Waals surface area contributed by atoms with Gasteiger partial charge in [0.25, 0.3) is 0 Å². The molecule has 1 aliphatic carbocycles. The number of hydrogen-bond donors (Lipinski definition) is 1. The Morgan fingerprint density at radius 3 is 2.63 bits per heavy atom. The van der Waals surface area contributed by atoms with Gasteiger partial charge >= 0.3 is 5.97 Å². The summed E-state index contributed by atoms with van der Waals surface area (Å²) in [7, 11) is 2.03. The average molecular weight is 485 g/mol. The first kappa shape index (κ1) is 25.6. The van der Waals surface area contributed by atoms with Crippen LogP contribution < -0.4 is 4.90 Å². The first-order valence-corrected chi connectivity index (χ1v) is 13.0. The Balaban J connectivity index is 1.37. The smallest absolute Gasteiger partial charge is 0.339 e. The molecule has 3 heterocycles. The molecule has 192 valence electrons. The third kappa shape index (κ3) is 6.22. The second-order valence-corrected chi connectivity index (χ2v) is 10.6. The molecule has 35 heavy (non-hydrogen) atoms. The molecular weight excluding hydrogens is 444 g/mol. The van der Waals surface area contributed by atoms with Crippen LogP contribution in [0, 0.1) is 5.92 Å². The number of nitrogens with zero attached hydrogens (tertiary/aromatic N) is 4. The number of aromatic carboxylic acids is 1. The van der Waals surface area contributed by atoms with E-state index in [9.17, 15) is 14.7 Å². The first-order valence-electron chi connectivity index (χ1n) is 13.0. The molecule has 0 atom stereocenters. The standard InChI is InChI=1S/C27H40N4O4/c1-27(22-8-11-28-25(24(22)26(33)34)31-16-18-35-19-17-31)9-6-21(7-10-27)23(32)20-29(2)14-15-30-12-4-3-5-13-30/h4,8,11-12,21H,3,5-7,9-10,13-20H2,1-2H3,(H,33,34). The lowest BCUT2D eigenvalue weighted by Gasteiger charge is -2.39. The number of carboxylic acids is 1. The Morgan fingerprint density at radius 2 is 1.97 bits per heavy atom. The van der Waals surface area contributed by atoms with Gasteiger partial charge in [-0.25, -0.2) is 9.78 Å². The Bertz CT molecular complexity index is 920. The molecule has 8 nitrogen and oxygen atoms in total. The van der Waals surface area contributed by atoms with Crippen molar-refractivity contribution in [3.8, 4) is 0 Å². The zero-order valence-electron chi connectivity index (χ0n) is 21.2. The molecule has 1 saturated carbocycles. The van der Waals surface area contributed by atoms with Crippen LogP contribution in [0.4, 0.5) is 5.82 Å². The Hall–Kier alpha value is -2.45. The number of carboxylic acid groups (broad SMARTS) is 1. The minimum Gasteiger partial charge on any atom is -0.478 e. The molecule has 2 aliphatic heterocycles. The second-order valence-electron chi connectivity index (χ2n) is 10.6. The van der Waals surface area contributed by atoms with Gasteiger partial charge in [-0.2, -0.15) is 0 Å². The number of ketones is 1. The predicted octanol–water partition coefficient (Wildman–Crippen LogP) is 3.17. The van der Waals surface area contributed by atoms with Crippen LogP contribution in [0.5, 0.6) is 0 Å². The molecule has 0 unspecified atom stereocenters. The third-order valence-corrected chi connectivity index (χ3v) is 7.98. The zero-order chi connectivity index (χ0) is 24.8. The van der Waals surface area contributed by atoms with Crippen molar-refractivity contribution in [2.45, 2.75) is 50.9 Å². The summed E-state index contributed by atoms with van der Waals surface area (Å²) in [4.78, 5) is 36.4. The van der Waals surface area contributed by atoms with Crippen molar-refractivity contribution < 1.29 is 19.4 Å². The zero-order valence-corrected chi connectivity index (χ0v) is 21.2. The maximum Gasteiger partial charge on any atom is 0.339 e. The molecule has 0 amide bonds. The van der Waals surface area contributed by atoms with E-state index in [2.05, 4.69) is 34.0 Å². The SMILES string of the molecule is CN(CCN1C=CCCC1)CC(=O)C1CCC(C)(c2ccnc(N3CCOCC3)c2C(=O)O)CC1. The fraction of sp³-hybridized carbons (Fsp3) is 0.667. The summed E-state index contributed by atoms with van der Waals surface area (Å²) in [6, 6.07) is 1.87. The Kier molecular flexibility index (Phi) is 8.44. The number of pyridine rings is 1. The van der Waals surface area contributed by atoms with E-state index in [-0.39, 0.29) is 11.3 Å². The molecule has 1 aromatic rings. The normalized spacial score (nSPS) is 25.2. The number of anilines is 1. The lowest BCUT2D eigenvalue weighted by molar-refractivity contribution is -0.125. The van der Waals surface area contributed by atoms with Gasteiger partial charge in [-0.3, -0.25) is 9.69 Å². The largest absolute Gasteiger partial charge is 0.478 e. The van der Waals surface area contributed by atoms with Crippen LogP contribution in [0.25, 0.3) is 0 Å². The number of carbonyl (C=O) groups excluding carboxylic acids is 1. The highest BCUT2D eigenvalue weighted by Gasteiger charge is 2.39. The molecule has 0 radical (unpaired) electrons. The molecular formula is C27H40N4O4. The summed E-state index contributed by atoms with van der Waals surface area (Å²) in [5.41, 5.74) is 0.883. The fourth-order valence-corrected chi connectivity index (χ4v) is 5.70. The highest BCUT2D eigenvalue weighted by molar-refractivity contribution is 5.95.